The van der Waals surface area contributed by atoms with Crippen LogP contribution in [0.1, 0.15) is 37.2 Å². The number of amides is 1. The summed E-state index contributed by atoms with van der Waals surface area (Å²) < 4.78 is 0. The van der Waals surface area contributed by atoms with E-state index in [1.807, 2.05) is 11.8 Å². The number of piperidine rings is 2. The van der Waals surface area contributed by atoms with Gasteiger partial charge in [0.15, 0.2) is 0 Å². The number of rotatable bonds is 1. The molecular weight excluding hydrogens is 328 g/mol. The monoisotopic (exact) mass is 352 g/mol. The van der Waals surface area contributed by atoms with Crippen LogP contribution >= 0.6 is 24.2 Å². The van der Waals surface area contributed by atoms with E-state index in [-0.39, 0.29) is 18.3 Å². The molecule has 3 heterocycles. The molecule has 1 atom stereocenters. The zero-order valence-electron chi connectivity index (χ0n) is 13.4. The molecule has 1 N–H and O–H groups in total. The number of hydrogen-bond donors (Lipinski definition) is 1. The minimum atomic E-state index is 0. The van der Waals surface area contributed by atoms with Crippen molar-refractivity contribution >= 4 is 30.1 Å². The van der Waals surface area contributed by atoms with Gasteiger partial charge in [-0.05, 0) is 55.8 Å². The fraction of sp³-hybridized carbons (Fsp3) is 0.611. The quantitative estimate of drug-likeness (QED) is 0.841. The third kappa shape index (κ3) is 3.26. The SMILES string of the molecule is Cl.O=C(C1CSc2ccccc21)N1CCC2(CCNCC2)CC1. The summed E-state index contributed by atoms with van der Waals surface area (Å²) in [6, 6.07) is 8.41. The number of carbonyl (C=O) groups is 1. The summed E-state index contributed by atoms with van der Waals surface area (Å²) in [5.74, 6) is 1.37. The van der Waals surface area contributed by atoms with Crippen LogP contribution in [0, 0.1) is 5.41 Å². The van der Waals surface area contributed by atoms with Crippen molar-refractivity contribution in [2.24, 2.45) is 5.41 Å². The Morgan fingerprint density at radius 3 is 2.57 bits per heavy atom. The second-order valence-electron chi connectivity index (χ2n) is 6.98. The van der Waals surface area contributed by atoms with Gasteiger partial charge in [-0.1, -0.05) is 18.2 Å². The lowest BCUT2D eigenvalue weighted by Crippen LogP contribution is -2.48. The summed E-state index contributed by atoms with van der Waals surface area (Å²) in [5.41, 5.74) is 1.77. The molecule has 5 heteroatoms. The molecule has 1 amide bonds. The molecule has 1 spiro atoms. The first-order chi connectivity index (χ1) is 10.8. The number of nitrogens with one attached hydrogen (secondary N) is 1. The first kappa shape index (κ1) is 17.1. The summed E-state index contributed by atoms with van der Waals surface area (Å²) >= 11 is 1.83. The van der Waals surface area contributed by atoms with E-state index in [0.29, 0.717) is 11.3 Å². The van der Waals surface area contributed by atoms with Crippen LogP contribution in [-0.2, 0) is 4.79 Å². The molecule has 0 aliphatic carbocycles. The van der Waals surface area contributed by atoms with E-state index < -0.39 is 0 Å². The second-order valence-corrected chi connectivity index (χ2v) is 8.04. The normalized spacial score (nSPS) is 25.7. The molecule has 126 valence electrons. The number of thioether (sulfide) groups is 1. The van der Waals surface area contributed by atoms with Crippen LogP contribution in [0.3, 0.4) is 0 Å². The first-order valence-electron chi connectivity index (χ1n) is 8.49. The van der Waals surface area contributed by atoms with Gasteiger partial charge in [0.05, 0.1) is 5.92 Å². The number of hydrogen-bond acceptors (Lipinski definition) is 3. The molecule has 1 unspecified atom stereocenters. The molecule has 3 aliphatic heterocycles. The van der Waals surface area contributed by atoms with Gasteiger partial charge in [0.25, 0.3) is 0 Å². The van der Waals surface area contributed by atoms with Crippen LogP contribution in [0.25, 0.3) is 0 Å². The maximum absolute atomic E-state index is 12.9. The molecule has 2 saturated heterocycles. The van der Waals surface area contributed by atoms with E-state index in [1.165, 1.54) is 36.1 Å². The zero-order valence-corrected chi connectivity index (χ0v) is 15.1. The van der Waals surface area contributed by atoms with Gasteiger partial charge in [-0.3, -0.25) is 4.79 Å². The average Bonchev–Trinajstić information content (AvgIpc) is 3.00. The summed E-state index contributed by atoms with van der Waals surface area (Å²) in [5, 5.41) is 3.46. The first-order valence-corrected chi connectivity index (χ1v) is 9.47. The van der Waals surface area contributed by atoms with Crippen LogP contribution < -0.4 is 5.32 Å². The average molecular weight is 353 g/mol. The van der Waals surface area contributed by atoms with Crippen LogP contribution in [0.4, 0.5) is 0 Å². The lowest BCUT2D eigenvalue weighted by Gasteiger charge is -2.45. The summed E-state index contributed by atoms with van der Waals surface area (Å²) in [4.78, 5) is 16.4. The number of carbonyl (C=O) groups excluding carboxylic acids is 1. The highest BCUT2D eigenvalue weighted by atomic mass is 35.5. The fourth-order valence-corrected chi connectivity index (χ4v) is 5.47. The molecule has 3 nitrogen and oxygen atoms in total. The Morgan fingerprint density at radius 1 is 1.13 bits per heavy atom. The Labute approximate surface area is 149 Å². The van der Waals surface area contributed by atoms with Crippen molar-refractivity contribution in [3.8, 4) is 0 Å². The Morgan fingerprint density at radius 2 is 1.83 bits per heavy atom. The molecule has 2 fully saturated rings. The highest BCUT2D eigenvalue weighted by Crippen LogP contribution is 2.43. The molecule has 0 saturated carbocycles. The van der Waals surface area contributed by atoms with Crippen LogP contribution in [0.2, 0.25) is 0 Å². The van der Waals surface area contributed by atoms with Crippen LogP contribution in [0.15, 0.2) is 29.2 Å². The summed E-state index contributed by atoms with van der Waals surface area (Å²) in [6.45, 7) is 4.23. The van der Waals surface area contributed by atoms with E-state index in [1.54, 1.807) is 0 Å². The number of halogens is 1. The molecule has 0 aromatic heterocycles. The molecular formula is C18H25ClN2OS. The van der Waals surface area contributed by atoms with Gasteiger partial charge >= 0.3 is 0 Å². The Bertz CT molecular complexity index is 564. The summed E-state index contributed by atoms with van der Waals surface area (Å²) in [7, 11) is 0. The van der Waals surface area contributed by atoms with Crippen LogP contribution in [0.5, 0.6) is 0 Å². The van der Waals surface area contributed by atoms with E-state index >= 15 is 0 Å². The smallest absolute Gasteiger partial charge is 0.231 e. The van der Waals surface area contributed by atoms with Crippen molar-refractivity contribution in [3.05, 3.63) is 29.8 Å². The van der Waals surface area contributed by atoms with Gasteiger partial charge in [-0.2, -0.15) is 0 Å². The molecule has 4 rings (SSSR count). The molecule has 0 bridgehead atoms. The van der Waals surface area contributed by atoms with Crippen molar-refractivity contribution in [1.82, 2.24) is 10.2 Å². The van der Waals surface area contributed by atoms with E-state index in [2.05, 4.69) is 34.5 Å². The molecule has 0 radical (unpaired) electrons. The van der Waals surface area contributed by atoms with Crippen molar-refractivity contribution < 1.29 is 4.79 Å². The maximum atomic E-state index is 12.9. The molecule has 1 aromatic carbocycles. The number of benzene rings is 1. The lowest BCUT2D eigenvalue weighted by molar-refractivity contribution is -0.134. The minimum Gasteiger partial charge on any atom is -0.342 e. The molecule has 23 heavy (non-hydrogen) atoms. The molecule has 3 aliphatic rings. The van der Waals surface area contributed by atoms with E-state index in [9.17, 15) is 4.79 Å². The largest absolute Gasteiger partial charge is 0.342 e. The van der Waals surface area contributed by atoms with Crippen molar-refractivity contribution in [2.45, 2.75) is 36.5 Å². The van der Waals surface area contributed by atoms with Crippen LogP contribution in [-0.4, -0.2) is 42.7 Å². The predicted molar refractivity (Wildman–Crippen MR) is 97.5 cm³/mol. The van der Waals surface area contributed by atoms with Gasteiger partial charge < -0.3 is 10.2 Å². The fourth-order valence-electron chi connectivity index (χ4n) is 4.25. The third-order valence-electron chi connectivity index (χ3n) is 5.80. The van der Waals surface area contributed by atoms with Crippen molar-refractivity contribution in [1.29, 1.82) is 0 Å². The number of nitrogens with zero attached hydrogens (tertiary/aromatic N) is 1. The second kappa shape index (κ2) is 7.04. The Balaban J connectivity index is 0.00000156. The van der Waals surface area contributed by atoms with Gasteiger partial charge in [-0.25, -0.2) is 0 Å². The lowest BCUT2D eigenvalue weighted by atomic mass is 9.71. The summed E-state index contributed by atoms with van der Waals surface area (Å²) in [6.07, 6.45) is 4.97. The van der Waals surface area contributed by atoms with Crippen molar-refractivity contribution in [3.63, 3.8) is 0 Å². The van der Waals surface area contributed by atoms with Gasteiger partial charge in [0.2, 0.25) is 5.91 Å². The zero-order chi connectivity index (χ0) is 15.0. The third-order valence-corrected chi connectivity index (χ3v) is 6.98. The standard InChI is InChI=1S/C18H24N2OS.ClH/c21-17(15-13-22-16-4-2-1-3-14(15)16)20-11-7-18(8-12-20)5-9-19-10-6-18;/h1-4,15,19H,5-13H2;1H. The number of likely N-dealkylation sites (tertiary alicyclic amines) is 1. The maximum Gasteiger partial charge on any atom is 0.231 e. The minimum absolute atomic E-state index is 0. The van der Waals surface area contributed by atoms with Gasteiger partial charge in [0.1, 0.15) is 0 Å². The van der Waals surface area contributed by atoms with E-state index in [0.717, 1.165) is 31.9 Å². The van der Waals surface area contributed by atoms with E-state index in [4.69, 9.17) is 0 Å². The topological polar surface area (TPSA) is 32.3 Å². The highest BCUT2D eigenvalue weighted by molar-refractivity contribution is 7.99. The van der Waals surface area contributed by atoms with Gasteiger partial charge in [0, 0.05) is 23.7 Å². The highest BCUT2D eigenvalue weighted by Gasteiger charge is 2.39. The number of fused-ring (bicyclic) bond motifs is 1. The van der Waals surface area contributed by atoms with Crippen molar-refractivity contribution in [2.75, 3.05) is 31.9 Å². The molecule has 1 aromatic rings. The predicted octanol–water partition coefficient (Wildman–Crippen LogP) is 3.29. The Hall–Kier alpha value is -0.710. The van der Waals surface area contributed by atoms with Gasteiger partial charge in [-0.15, -0.1) is 24.2 Å². The Kier molecular flexibility index (Phi) is 5.24.